The number of nitrogens with zero attached hydrogens (tertiary/aromatic N) is 1. The molecule has 0 saturated heterocycles. The van der Waals surface area contributed by atoms with Crippen LogP contribution in [-0.4, -0.2) is 19.1 Å². The number of para-hydroxylation sites is 2. The smallest absolute Gasteiger partial charge is 0.262 e. The second-order valence-corrected chi connectivity index (χ2v) is 7.08. The minimum Gasteiger partial charge on any atom is -0.490 e. The second-order valence-electron chi connectivity index (χ2n) is 6.22. The number of rotatable bonds is 8. The minimum absolute atomic E-state index is 0.306. The van der Waals surface area contributed by atoms with Crippen molar-refractivity contribution in [3.8, 4) is 29.1 Å². The third-order valence-corrected chi connectivity index (χ3v) is 4.56. The molecule has 0 atom stereocenters. The van der Waals surface area contributed by atoms with Crippen molar-refractivity contribution in [2.45, 2.75) is 6.92 Å². The summed E-state index contributed by atoms with van der Waals surface area (Å²) in [6, 6.07) is 17.7. The van der Waals surface area contributed by atoms with Crippen molar-refractivity contribution in [1.82, 2.24) is 0 Å². The molecular formula is C23H18BrFN2O4. The van der Waals surface area contributed by atoms with Crippen LogP contribution in [0.1, 0.15) is 12.5 Å². The Hall–Kier alpha value is -3.57. The molecule has 8 heteroatoms. The van der Waals surface area contributed by atoms with Gasteiger partial charge >= 0.3 is 0 Å². The average Bonchev–Trinajstić information content (AvgIpc) is 2.74. The van der Waals surface area contributed by atoms with E-state index in [-0.39, 0.29) is 6.61 Å². The number of hydrogen-bond acceptors (Lipinski definition) is 5. The summed E-state index contributed by atoms with van der Waals surface area (Å²) in [5.41, 5.74) is 0.805. The predicted molar refractivity (Wildman–Crippen MR) is 117 cm³/mol. The molecule has 3 aromatic carbocycles. The maximum atomic E-state index is 13.4. The summed E-state index contributed by atoms with van der Waals surface area (Å²) in [6.07, 6.45) is 0. The molecule has 0 aliphatic heterocycles. The quantitative estimate of drug-likeness (QED) is 0.445. The molecule has 3 aromatic rings. The van der Waals surface area contributed by atoms with Gasteiger partial charge in [-0.15, -0.1) is 0 Å². The molecule has 0 fully saturated rings. The molecule has 0 radical (unpaired) electrons. The maximum absolute atomic E-state index is 13.4. The minimum atomic E-state index is -0.436. The van der Waals surface area contributed by atoms with Crippen LogP contribution in [0.5, 0.6) is 23.0 Å². The van der Waals surface area contributed by atoms with Gasteiger partial charge in [0, 0.05) is 12.1 Å². The van der Waals surface area contributed by atoms with Gasteiger partial charge in [0.05, 0.1) is 28.4 Å². The SMILES string of the molecule is CCOc1cc(C#N)cc(Br)c1OCC(=O)Nc1ccccc1Oc1cccc(F)c1. The summed E-state index contributed by atoms with van der Waals surface area (Å²) >= 11 is 3.34. The Bertz CT molecular complexity index is 1130. The van der Waals surface area contributed by atoms with Crippen LogP contribution < -0.4 is 19.5 Å². The van der Waals surface area contributed by atoms with Gasteiger partial charge < -0.3 is 19.5 Å². The van der Waals surface area contributed by atoms with Crippen molar-refractivity contribution in [1.29, 1.82) is 5.26 Å². The van der Waals surface area contributed by atoms with E-state index in [2.05, 4.69) is 21.2 Å². The van der Waals surface area contributed by atoms with Gasteiger partial charge in [-0.2, -0.15) is 5.26 Å². The van der Waals surface area contributed by atoms with Gasteiger partial charge in [-0.25, -0.2) is 4.39 Å². The highest BCUT2D eigenvalue weighted by Gasteiger charge is 2.15. The molecule has 0 aliphatic carbocycles. The first-order valence-electron chi connectivity index (χ1n) is 9.31. The number of carbonyl (C=O) groups is 1. The molecule has 6 nitrogen and oxygen atoms in total. The maximum Gasteiger partial charge on any atom is 0.262 e. The number of anilines is 1. The lowest BCUT2D eigenvalue weighted by molar-refractivity contribution is -0.118. The number of carbonyl (C=O) groups excluding carboxylic acids is 1. The van der Waals surface area contributed by atoms with Crippen LogP contribution in [0.3, 0.4) is 0 Å². The number of nitriles is 1. The number of benzene rings is 3. The van der Waals surface area contributed by atoms with E-state index < -0.39 is 11.7 Å². The molecule has 31 heavy (non-hydrogen) atoms. The molecule has 0 spiro atoms. The number of hydrogen-bond donors (Lipinski definition) is 1. The second kappa shape index (κ2) is 10.5. The predicted octanol–water partition coefficient (Wildman–Crippen LogP) is 5.67. The zero-order chi connectivity index (χ0) is 22.2. The van der Waals surface area contributed by atoms with E-state index in [0.29, 0.717) is 45.3 Å². The fourth-order valence-electron chi connectivity index (χ4n) is 2.68. The Morgan fingerprint density at radius 3 is 2.65 bits per heavy atom. The molecule has 158 valence electrons. The molecule has 0 aromatic heterocycles. The summed E-state index contributed by atoms with van der Waals surface area (Å²) in [7, 11) is 0. The first-order chi connectivity index (χ1) is 15.0. The first kappa shape index (κ1) is 22.1. The Morgan fingerprint density at radius 2 is 1.90 bits per heavy atom. The lowest BCUT2D eigenvalue weighted by atomic mass is 10.2. The van der Waals surface area contributed by atoms with Crippen LogP contribution in [0, 0.1) is 17.1 Å². The molecular weight excluding hydrogens is 467 g/mol. The van der Waals surface area contributed by atoms with Crippen LogP contribution in [0.4, 0.5) is 10.1 Å². The Kier molecular flexibility index (Phi) is 7.46. The molecule has 0 bridgehead atoms. The van der Waals surface area contributed by atoms with Crippen molar-refractivity contribution in [3.63, 3.8) is 0 Å². The van der Waals surface area contributed by atoms with Gasteiger partial charge in [0.1, 0.15) is 11.6 Å². The first-order valence-corrected chi connectivity index (χ1v) is 10.1. The van der Waals surface area contributed by atoms with Crippen LogP contribution >= 0.6 is 15.9 Å². The fraction of sp³-hybridized carbons (Fsp3) is 0.130. The number of ether oxygens (including phenoxy) is 3. The monoisotopic (exact) mass is 484 g/mol. The fourth-order valence-corrected chi connectivity index (χ4v) is 3.23. The number of amides is 1. The number of halogens is 2. The van der Waals surface area contributed by atoms with E-state index in [1.165, 1.54) is 18.2 Å². The summed E-state index contributed by atoms with van der Waals surface area (Å²) in [5.74, 6) is 0.479. The van der Waals surface area contributed by atoms with E-state index in [1.807, 2.05) is 6.07 Å². The summed E-state index contributed by atoms with van der Waals surface area (Å²) < 4.78 is 30.8. The van der Waals surface area contributed by atoms with E-state index in [1.54, 1.807) is 49.4 Å². The standard InChI is InChI=1S/C23H18BrFN2O4/c1-2-29-21-11-15(13-26)10-18(24)23(21)30-14-22(28)27-19-8-3-4-9-20(19)31-17-7-5-6-16(25)12-17/h3-12H,2,14H2,1H3,(H,27,28). The van der Waals surface area contributed by atoms with Crippen molar-refractivity contribution in [2.24, 2.45) is 0 Å². The summed E-state index contributed by atoms with van der Waals surface area (Å²) in [4.78, 5) is 12.5. The third kappa shape index (κ3) is 5.96. The van der Waals surface area contributed by atoms with Gasteiger partial charge in [0.15, 0.2) is 23.9 Å². The Morgan fingerprint density at radius 1 is 1.10 bits per heavy atom. The highest BCUT2D eigenvalue weighted by molar-refractivity contribution is 9.10. The van der Waals surface area contributed by atoms with Crippen LogP contribution in [-0.2, 0) is 4.79 Å². The molecule has 3 rings (SSSR count). The Labute approximate surface area is 187 Å². The van der Waals surface area contributed by atoms with E-state index in [0.717, 1.165) is 0 Å². The third-order valence-electron chi connectivity index (χ3n) is 3.97. The summed E-state index contributed by atoms with van der Waals surface area (Å²) in [6.45, 7) is 1.87. The van der Waals surface area contributed by atoms with Gasteiger partial charge in [0.25, 0.3) is 5.91 Å². The highest BCUT2D eigenvalue weighted by atomic mass is 79.9. The van der Waals surface area contributed by atoms with Crippen LogP contribution in [0.2, 0.25) is 0 Å². The van der Waals surface area contributed by atoms with Gasteiger partial charge in [-0.1, -0.05) is 18.2 Å². The van der Waals surface area contributed by atoms with Crippen LogP contribution in [0.15, 0.2) is 65.1 Å². The van der Waals surface area contributed by atoms with Gasteiger partial charge in [0.2, 0.25) is 0 Å². The summed E-state index contributed by atoms with van der Waals surface area (Å²) in [5, 5.41) is 11.8. The molecule has 0 aliphatic rings. The van der Waals surface area contributed by atoms with Crippen LogP contribution in [0.25, 0.3) is 0 Å². The number of nitrogens with one attached hydrogen (secondary N) is 1. The van der Waals surface area contributed by atoms with Crippen molar-refractivity contribution in [2.75, 3.05) is 18.5 Å². The van der Waals surface area contributed by atoms with Crippen molar-refractivity contribution >= 4 is 27.5 Å². The zero-order valence-electron chi connectivity index (χ0n) is 16.5. The molecule has 1 N–H and O–H groups in total. The van der Waals surface area contributed by atoms with Gasteiger partial charge in [-0.3, -0.25) is 4.79 Å². The lowest BCUT2D eigenvalue weighted by Gasteiger charge is -2.15. The molecule has 1 amide bonds. The highest BCUT2D eigenvalue weighted by Crippen LogP contribution is 2.37. The zero-order valence-corrected chi connectivity index (χ0v) is 18.1. The van der Waals surface area contributed by atoms with E-state index >= 15 is 0 Å². The normalized spacial score (nSPS) is 10.1. The molecule has 0 saturated carbocycles. The Balaban J connectivity index is 1.71. The van der Waals surface area contributed by atoms with Gasteiger partial charge in [-0.05, 0) is 53.2 Å². The topological polar surface area (TPSA) is 80.6 Å². The molecule has 0 unspecified atom stereocenters. The lowest BCUT2D eigenvalue weighted by Crippen LogP contribution is -2.20. The van der Waals surface area contributed by atoms with E-state index in [4.69, 9.17) is 19.5 Å². The van der Waals surface area contributed by atoms with E-state index in [9.17, 15) is 9.18 Å². The average molecular weight is 485 g/mol. The largest absolute Gasteiger partial charge is 0.490 e. The van der Waals surface area contributed by atoms with Crippen molar-refractivity contribution in [3.05, 3.63) is 76.5 Å². The molecule has 0 heterocycles. The van der Waals surface area contributed by atoms with Crippen molar-refractivity contribution < 1.29 is 23.4 Å².